The van der Waals surface area contributed by atoms with Crippen molar-refractivity contribution in [1.82, 2.24) is 5.32 Å². The highest BCUT2D eigenvalue weighted by Gasteiger charge is 2.33. The van der Waals surface area contributed by atoms with Crippen molar-refractivity contribution in [1.29, 1.82) is 0 Å². The SMILES string of the molecule is CC(C)OCCNC(C)(C)C(C)(C)O. The van der Waals surface area contributed by atoms with E-state index in [0.29, 0.717) is 6.61 Å². The van der Waals surface area contributed by atoms with E-state index in [0.717, 1.165) is 6.54 Å². The van der Waals surface area contributed by atoms with Crippen molar-refractivity contribution in [2.45, 2.75) is 58.8 Å². The van der Waals surface area contributed by atoms with E-state index in [-0.39, 0.29) is 11.6 Å². The van der Waals surface area contributed by atoms with Gasteiger partial charge in [0.25, 0.3) is 0 Å². The van der Waals surface area contributed by atoms with Gasteiger partial charge in [-0.25, -0.2) is 0 Å². The molecule has 0 bridgehead atoms. The molecular weight excluding hydrogens is 178 g/mol. The summed E-state index contributed by atoms with van der Waals surface area (Å²) in [5.74, 6) is 0. The van der Waals surface area contributed by atoms with E-state index in [9.17, 15) is 5.11 Å². The number of ether oxygens (including phenoxy) is 1. The summed E-state index contributed by atoms with van der Waals surface area (Å²) < 4.78 is 5.41. The van der Waals surface area contributed by atoms with Gasteiger partial charge in [0.05, 0.1) is 18.3 Å². The van der Waals surface area contributed by atoms with E-state index in [4.69, 9.17) is 4.74 Å². The number of hydrogen-bond acceptors (Lipinski definition) is 3. The standard InChI is InChI=1S/C11H25NO2/c1-9(2)14-8-7-12-10(3,4)11(5,6)13/h9,12-13H,7-8H2,1-6H3. The van der Waals surface area contributed by atoms with Crippen molar-refractivity contribution in [3.63, 3.8) is 0 Å². The third-order valence-electron chi connectivity index (χ3n) is 2.65. The zero-order valence-electron chi connectivity index (χ0n) is 10.3. The maximum Gasteiger partial charge on any atom is 0.0767 e. The third kappa shape index (κ3) is 4.94. The Morgan fingerprint density at radius 1 is 1.21 bits per heavy atom. The van der Waals surface area contributed by atoms with Gasteiger partial charge in [-0.3, -0.25) is 0 Å². The van der Waals surface area contributed by atoms with Gasteiger partial charge in [-0.2, -0.15) is 0 Å². The molecule has 86 valence electrons. The van der Waals surface area contributed by atoms with Crippen LogP contribution in [0.4, 0.5) is 0 Å². The van der Waals surface area contributed by atoms with Gasteiger partial charge in [-0.15, -0.1) is 0 Å². The van der Waals surface area contributed by atoms with E-state index in [2.05, 4.69) is 5.32 Å². The molecule has 0 fully saturated rings. The van der Waals surface area contributed by atoms with Crippen LogP contribution >= 0.6 is 0 Å². The summed E-state index contributed by atoms with van der Waals surface area (Å²) in [6, 6.07) is 0. The molecule has 0 aliphatic carbocycles. The van der Waals surface area contributed by atoms with Gasteiger partial charge in [-0.1, -0.05) is 0 Å². The predicted octanol–water partition coefficient (Wildman–Crippen LogP) is 1.55. The smallest absolute Gasteiger partial charge is 0.0767 e. The maximum atomic E-state index is 9.85. The molecule has 0 rings (SSSR count). The monoisotopic (exact) mass is 203 g/mol. The minimum Gasteiger partial charge on any atom is -0.389 e. The Morgan fingerprint density at radius 2 is 1.71 bits per heavy atom. The van der Waals surface area contributed by atoms with Gasteiger partial charge in [0.15, 0.2) is 0 Å². The summed E-state index contributed by atoms with van der Waals surface area (Å²) in [5.41, 5.74) is -1.03. The van der Waals surface area contributed by atoms with Crippen molar-refractivity contribution in [3.8, 4) is 0 Å². The topological polar surface area (TPSA) is 41.5 Å². The number of nitrogens with one attached hydrogen (secondary N) is 1. The molecule has 0 radical (unpaired) electrons. The Balaban J connectivity index is 3.78. The van der Waals surface area contributed by atoms with Crippen LogP contribution in [-0.2, 0) is 4.74 Å². The molecule has 0 saturated heterocycles. The fourth-order valence-electron chi connectivity index (χ4n) is 0.874. The van der Waals surface area contributed by atoms with Crippen LogP contribution in [0.2, 0.25) is 0 Å². The van der Waals surface area contributed by atoms with E-state index < -0.39 is 5.60 Å². The molecule has 0 unspecified atom stereocenters. The maximum absolute atomic E-state index is 9.85. The lowest BCUT2D eigenvalue weighted by Gasteiger charge is -2.38. The van der Waals surface area contributed by atoms with Crippen LogP contribution in [0.3, 0.4) is 0 Å². The Kier molecular flexibility index (Phi) is 5.06. The minimum absolute atomic E-state index is 0.266. The molecule has 2 N–H and O–H groups in total. The Morgan fingerprint density at radius 3 is 2.07 bits per heavy atom. The van der Waals surface area contributed by atoms with Crippen LogP contribution in [0.15, 0.2) is 0 Å². The van der Waals surface area contributed by atoms with Crippen molar-refractivity contribution in [2.75, 3.05) is 13.2 Å². The quantitative estimate of drug-likeness (QED) is 0.644. The summed E-state index contributed by atoms with van der Waals surface area (Å²) in [7, 11) is 0. The second-order valence-electron chi connectivity index (χ2n) is 5.03. The highest BCUT2D eigenvalue weighted by Crippen LogP contribution is 2.19. The summed E-state index contributed by atoms with van der Waals surface area (Å²) in [5, 5.41) is 13.1. The van der Waals surface area contributed by atoms with E-state index >= 15 is 0 Å². The molecule has 14 heavy (non-hydrogen) atoms. The van der Waals surface area contributed by atoms with Crippen LogP contribution in [-0.4, -0.2) is 35.5 Å². The molecule has 0 atom stereocenters. The molecule has 0 aromatic heterocycles. The highest BCUT2D eigenvalue weighted by atomic mass is 16.5. The molecule has 0 aromatic carbocycles. The molecule has 0 heterocycles. The molecule has 0 aromatic rings. The van der Waals surface area contributed by atoms with Crippen LogP contribution in [0, 0.1) is 0 Å². The van der Waals surface area contributed by atoms with Crippen molar-refractivity contribution < 1.29 is 9.84 Å². The molecule has 0 aliphatic rings. The average Bonchev–Trinajstić information content (AvgIpc) is 1.95. The summed E-state index contributed by atoms with van der Waals surface area (Å²) >= 11 is 0. The fraction of sp³-hybridized carbons (Fsp3) is 1.00. The lowest BCUT2D eigenvalue weighted by atomic mass is 9.86. The molecule has 3 nitrogen and oxygen atoms in total. The molecule has 3 heteroatoms. The first-order chi connectivity index (χ1) is 6.17. The lowest BCUT2D eigenvalue weighted by Crippen LogP contribution is -2.56. The van der Waals surface area contributed by atoms with Crippen molar-refractivity contribution >= 4 is 0 Å². The highest BCUT2D eigenvalue weighted by molar-refractivity contribution is 4.93. The van der Waals surface area contributed by atoms with Crippen LogP contribution < -0.4 is 5.32 Å². The number of hydrogen-bond donors (Lipinski definition) is 2. The zero-order chi connectivity index (χ0) is 11.4. The summed E-state index contributed by atoms with van der Waals surface area (Å²) in [4.78, 5) is 0. The van der Waals surface area contributed by atoms with Crippen LogP contribution in [0.25, 0.3) is 0 Å². The van der Waals surface area contributed by atoms with Gasteiger partial charge in [0.2, 0.25) is 0 Å². The largest absolute Gasteiger partial charge is 0.389 e. The lowest BCUT2D eigenvalue weighted by molar-refractivity contribution is -0.0101. The van der Waals surface area contributed by atoms with E-state index in [1.54, 1.807) is 0 Å². The molecule has 0 saturated carbocycles. The first kappa shape index (κ1) is 13.9. The summed E-state index contributed by atoms with van der Waals surface area (Å²) in [6.07, 6.45) is 0.266. The molecular formula is C11H25NO2. The van der Waals surface area contributed by atoms with Crippen molar-refractivity contribution in [2.24, 2.45) is 0 Å². The molecule has 0 aliphatic heterocycles. The van der Waals surface area contributed by atoms with Crippen LogP contribution in [0.1, 0.15) is 41.5 Å². The Bertz CT molecular complexity index is 159. The Hall–Kier alpha value is -0.120. The van der Waals surface area contributed by atoms with Gasteiger partial charge < -0.3 is 15.2 Å². The third-order valence-corrected chi connectivity index (χ3v) is 2.65. The normalized spacial score (nSPS) is 13.7. The van der Waals surface area contributed by atoms with Crippen LogP contribution in [0.5, 0.6) is 0 Å². The van der Waals surface area contributed by atoms with Gasteiger partial charge in [-0.05, 0) is 41.5 Å². The average molecular weight is 203 g/mol. The fourth-order valence-corrected chi connectivity index (χ4v) is 0.874. The second kappa shape index (κ2) is 5.10. The van der Waals surface area contributed by atoms with Gasteiger partial charge >= 0.3 is 0 Å². The van der Waals surface area contributed by atoms with Gasteiger partial charge in [0, 0.05) is 12.1 Å². The van der Waals surface area contributed by atoms with E-state index in [1.165, 1.54) is 0 Å². The Labute approximate surface area is 87.8 Å². The van der Waals surface area contributed by atoms with E-state index in [1.807, 2.05) is 41.5 Å². The number of rotatable bonds is 6. The van der Waals surface area contributed by atoms with Crippen molar-refractivity contribution in [3.05, 3.63) is 0 Å². The second-order valence-corrected chi connectivity index (χ2v) is 5.03. The number of aliphatic hydroxyl groups is 1. The first-order valence-electron chi connectivity index (χ1n) is 5.26. The summed E-state index contributed by atoms with van der Waals surface area (Å²) in [6.45, 7) is 13.1. The zero-order valence-corrected chi connectivity index (χ0v) is 10.3. The predicted molar refractivity (Wildman–Crippen MR) is 59.5 cm³/mol. The first-order valence-corrected chi connectivity index (χ1v) is 5.26. The minimum atomic E-state index is -0.731. The molecule has 0 amide bonds. The molecule has 0 spiro atoms. The van der Waals surface area contributed by atoms with Gasteiger partial charge in [0.1, 0.15) is 0 Å².